The molecule has 0 aliphatic rings. The summed E-state index contributed by atoms with van der Waals surface area (Å²) in [6.45, 7) is 3.89. The van der Waals surface area contributed by atoms with E-state index in [1.165, 1.54) is 10.9 Å². The maximum Gasteiger partial charge on any atom is 0.342 e. The Bertz CT molecular complexity index is 957. The number of ether oxygens (including phenoxy) is 1. The van der Waals surface area contributed by atoms with Gasteiger partial charge in [-0.15, -0.1) is 0 Å². The van der Waals surface area contributed by atoms with Crippen LogP contribution < -0.4 is 5.56 Å². The average Bonchev–Trinajstić information content (AvgIpc) is 2.89. The van der Waals surface area contributed by atoms with Gasteiger partial charge >= 0.3 is 5.97 Å². The van der Waals surface area contributed by atoms with Crippen molar-refractivity contribution in [2.24, 2.45) is 0 Å². The minimum Gasteiger partial charge on any atom is -0.462 e. The Labute approximate surface area is 146 Å². The van der Waals surface area contributed by atoms with Crippen LogP contribution in [0.15, 0.2) is 44.3 Å². The first-order valence-corrected chi connectivity index (χ1v) is 8.20. The van der Waals surface area contributed by atoms with Gasteiger partial charge in [-0.3, -0.25) is 9.36 Å². The number of benzene rings is 1. The van der Waals surface area contributed by atoms with Gasteiger partial charge in [0.25, 0.3) is 5.56 Å². The number of halogens is 1. The molecule has 0 bridgehead atoms. The second-order valence-electron chi connectivity index (χ2n) is 5.24. The number of carbonyl (C=O) groups excluding carboxylic acids is 1. The molecule has 2 heterocycles. The number of esters is 1. The number of hydrogen-bond acceptors (Lipinski definition) is 5. The third-order valence-electron chi connectivity index (χ3n) is 3.60. The lowest BCUT2D eigenvalue weighted by atomic mass is 10.2. The molecule has 0 aliphatic carbocycles. The standard InChI is InChI=1S/C17H15BrN2O4/c1-3-23-17(22)13-10(2)24-15-14(13)16(21)20(9-19-15)8-11-4-6-12(18)7-5-11/h4-7,9H,3,8H2,1-2H3. The SMILES string of the molecule is CCOC(=O)c1c(C)oc2ncn(Cc3ccc(Br)cc3)c(=O)c12. The topological polar surface area (TPSA) is 74.3 Å². The first kappa shape index (κ1) is 16.4. The highest BCUT2D eigenvalue weighted by Gasteiger charge is 2.23. The van der Waals surface area contributed by atoms with Crippen LogP contribution in [0, 0.1) is 6.92 Å². The molecule has 3 aromatic rings. The van der Waals surface area contributed by atoms with Crippen molar-refractivity contribution < 1.29 is 13.9 Å². The number of furan rings is 1. The van der Waals surface area contributed by atoms with Gasteiger partial charge in [-0.1, -0.05) is 28.1 Å². The molecule has 0 unspecified atom stereocenters. The molecule has 7 heteroatoms. The Hall–Kier alpha value is -2.41. The van der Waals surface area contributed by atoms with Crippen molar-refractivity contribution in [1.29, 1.82) is 0 Å². The van der Waals surface area contributed by atoms with Gasteiger partial charge in [-0.05, 0) is 31.5 Å². The van der Waals surface area contributed by atoms with Crippen LogP contribution in [-0.4, -0.2) is 22.1 Å². The number of carbonyl (C=O) groups is 1. The Kier molecular flexibility index (Phi) is 4.53. The summed E-state index contributed by atoms with van der Waals surface area (Å²) >= 11 is 3.38. The first-order chi connectivity index (χ1) is 11.5. The van der Waals surface area contributed by atoms with E-state index in [4.69, 9.17) is 9.15 Å². The van der Waals surface area contributed by atoms with Crippen molar-refractivity contribution in [2.45, 2.75) is 20.4 Å². The van der Waals surface area contributed by atoms with E-state index < -0.39 is 5.97 Å². The van der Waals surface area contributed by atoms with E-state index in [0.29, 0.717) is 12.3 Å². The summed E-state index contributed by atoms with van der Waals surface area (Å²) in [5.74, 6) is -0.247. The summed E-state index contributed by atoms with van der Waals surface area (Å²) < 4.78 is 12.9. The molecule has 0 amide bonds. The monoisotopic (exact) mass is 390 g/mol. The van der Waals surface area contributed by atoms with Gasteiger partial charge in [0, 0.05) is 4.47 Å². The molecule has 0 radical (unpaired) electrons. The van der Waals surface area contributed by atoms with E-state index in [2.05, 4.69) is 20.9 Å². The van der Waals surface area contributed by atoms with Crippen molar-refractivity contribution in [1.82, 2.24) is 9.55 Å². The maximum absolute atomic E-state index is 12.8. The second-order valence-corrected chi connectivity index (χ2v) is 6.15. The van der Waals surface area contributed by atoms with Crippen LogP contribution in [0.3, 0.4) is 0 Å². The Morgan fingerprint density at radius 3 is 2.71 bits per heavy atom. The summed E-state index contributed by atoms with van der Waals surface area (Å²) in [4.78, 5) is 29.1. The van der Waals surface area contributed by atoms with Crippen LogP contribution >= 0.6 is 15.9 Å². The zero-order valence-corrected chi connectivity index (χ0v) is 14.8. The fourth-order valence-electron chi connectivity index (χ4n) is 2.49. The van der Waals surface area contributed by atoms with Gasteiger partial charge in [0.1, 0.15) is 23.0 Å². The van der Waals surface area contributed by atoms with Gasteiger partial charge in [0.15, 0.2) is 0 Å². The fraction of sp³-hybridized carbons (Fsp3) is 0.235. The van der Waals surface area contributed by atoms with E-state index >= 15 is 0 Å². The number of aromatic nitrogens is 2. The lowest BCUT2D eigenvalue weighted by Gasteiger charge is -2.06. The zero-order valence-electron chi connectivity index (χ0n) is 13.2. The largest absolute Gasteiger partial charge is 0.462 e. The van der Waals surface area contributed by atoms with Gasteiger partial charge in [-0.2, -0.15) is 0 Å². The highest BCUT2D eigenvalue weighted by atomic mass is 79.9. The van der Waals surface area contributed by atoms with Gasteiger partial charge in [0.05, 0.1) is 13.2 Å². The van der Waals surface area contributed by atoms with Gasteiger partial charge in [0.2, 0.25) is 5.71 Å². The molecule has 0 fully saturated rings. The highest BCUT2D eigenvalue weighted by Crippen LogP contribution is 2.22. The zero-order chi connectivity index (χ0) is 17.3. The normalized spacial score (nSPS) is 11.0. The molecule has 0 aliphatic heterocycles. The van der Waals surface area contributed by atoms with E-state index in [9.17, 15) is 9.59 Å². The van der Waals surface area contributed by atoms with E-state index in [1.807, 2.05) is 24.3 Å². The summed E-state index contributed by atoms with van der Waals surface area (Å²) in [7, 11) is 0. The molecule has 0 saturated heterocycles. The molecule has 0 saturated carbocycles. The lowest BCUT2D eigenvalue weighted by molar-refractivity contribution is 0.0526. The fourth-order valence-corrected chi connectivity index (χ4v) is 2.75. The molecular weight excluding hydrogens is 376 g/mol. The van der Waals surface area contributed by atoms with Crippen LogP contribution in [-0.2, 0) is 11.3 Å². The van der Waals surface area contributed by atoms with Crippen LogP contribution in [0.2, 0.25) is 0 Å². The summed E-state index contributed by atoms with van der Waals surface area (Å²) in [6.07, 6.45) is 1.42. The Balaban J connectivity index is 2.09. The second kappa shape index (κ2) is 6.60. The number of fused-ring (bicyclic) bond motifs is 1. The van der Waals surface area contributed by atoms with Gasteiger partial charge in [-0.25, -0.2) is 9.78 Å². The third kappa shape index (κ3) is 2.99. The molecule has 24 heavy (non-hydrogen) atoms. The molecule has 124 valence electrons. The van der Waals surface area contributed by atoms with Crippen LogP contribution in [0.1, 0.15) is 28.6 Å². The average molecular weight is 391 g/mol. The third-order valence-corrected chi connectivity index (χ3v) is 4.13. The maximum atomic E-state index is 12.8. The smallest absolute Gasteiger partial charge is 0.342 e. The van der Waals surface area contributed by atoms with Crippen molar-refractivity contribution in [2.75, 3.05) is 6.61 Å². The van der Waals surface area contributed by atoms with E-state index in [-0.39, 0.29) is 28.8 Å². The Morgan fingerprint density at radius 2 is 2.04 bits per heavy atom. The number of aryl methyl sites for hydroxylation is 1. The summed E-state index contributed by atoms with van der Waals surface area (Å²) in [5.41, 5.74) is 0.907. The number of hydrogen-bond donors (Lipinski definition) is 0. The minimum absolute atomic E-state index is 0.146. The molecule has 0 spiro atoms. The number of rotatable bonds is 4. The summed E-state index contributed by atoms with van der Waals surface area (Å²) in [5, 5.41) is 0.158. The number of nitrogens with zero attached hydrogens (tertiary/aromatic N) is 2. The molecule has 2 aromatic heterocycles. The van der Waals surface area contributed by atoms with Crippen molar-refractivity contribution in [3.63, 3.8) is 0 Å². The molecule has 6 nitrogen and oxygen atoms in total. The minimum atomic E-state index is -0.575. The predicted octanol–water partition coefficient (Wildman–Crippen LogP) is 3.29. The van der Waals surface area contributed by atoms with Crippen molar-refractivity contribution in [3.05, 3.63) is 62.3 Å². The summed E-state index contributed by atoms with van der Waals surface area (Å²) in [6, 6.07) is 7.62. The van der Waals surface area contributed by atoms with Crippen LogP contribution in [0.4, 0.5) is 0 Å². The van der Waals surface area contributed by atoms with E-state index in [0.717, 1.165) is 10.0 Å². The first-order valence-electron chi connectivity index (χ1n) is 7.41. The molecule has 0 atom stereocenters. The molecular formula is C17H15BrN2O4. The quantitative estimate of drug-likeness (QED) is 0.639. The van der Waals surface area contributed by atoms with Crippen molar-refractivity contribution >= 4 is 33.0 Å². The predicted molar refractivity (Wildman–Crippen MR) is 92.2 cm³/mol. The highest BCUT2D eigenvalue weighted by molar-refractivity contribution is 9.10. The molecule has 1 aromatic carbocycles. The molecule has 3 rings (SSSR count). The van der Waals surface area contributed by atoms with Crippen LogP contribution in [0.5, 0.6) is 0 Å². The van der Waals surface area contributed by atoms with Crippen LogP contribution in [0.25, 0.3) is 11.1 Å². The van der Waals surface area contributed by atoms with Gasteiger partial charge < -0.3 is 9.15 Å². The van der Waals surface area contributed by atoms with Crippen molar-refractivity contribution in [3.8, 4) is 0 Å². The lowest BCUT2D eigenvalue weighted by Crippen LogP contribution is -2.22. The Morgan fingerprint density at radius 1 is 1.33 bits per heavy atom. The van der Waals surface area contributed by atoms with E-state index in [1.54, 1.807) is 13.8 Å². The molecule has 0 N–H and O–H groups in total.